The minimum Gasteiger partial charge on any atom is -0.206 e. The van der Waals surface area contributed by atoms with Gasteiger partial charge in [0.1, 0.15) is 0 Å². The van der Waals surface area contributed by atoms with Gasteiger partial charge in [-0.05, 0) is 19.3 Å². The molecule has 0 radical (unpaired) electrons. The highest BCUT2D eigenvalue weighted by molar-refractivity contribution is 4.93. The number of hydrogen-bond acceptors (Lipinski definition) is 0. The summed E-state index contributed by atoms with van der Waals surface area (Å²) in [5.74, 6) is -2.40. The van der Waals surface area contributed by atoms with Gasteiger partial charge in [0.05, 0.1) is 0 Å². The minimum atomic E-state index is -2.40. The first-order valence-electron chi connectivity index (χ1n) is 3.90. The Kier molecular flexibility index (Phi) is 1.73. The van der Waals surface area contributed by atoms with Crippen LogP contribution in [0.5, 0.6) is 0 Å². The molecule has 0 aromatic carbocycles. The lowest BCUT2D eigenvalue weighted by molar-refractivity contribution is -0.0912. The largest absolute Gasteiger partial charge is 0.253 e. The number of rotatable bonds is 1. The number of hydrogen-bond donors (Lipinski definition) is 0. The van der Waals surface area contributed by atoms with Crippen LogP contribution in [0.25, 0.3) is 0 Å². The van der Waals surface area contributed by atoms with Gasteiger partial charge in [-0.1, -0.05) is 13.8 Å². The third kappa shape index (κ3) is 0.938. The van der Waals surface area contributed by atoms with Gasteiger partial charge in [0.15, 0.2) is 0 Å². The van der Waals surface area contributed by atoms with Gasteiger partial charge in [0.2, 0.25) is 0 Å². The molecule has 0 heterocycles. The first-order valence-corrected chi connectivity index (χ1v) is 3.90. The van der Waals surface area contributed by atoms with Gasteiger partial charge >= 0.3 is 0 Å². The SMILES string of the molecule is CC[C@]1(C)CCCC1(F)F. The van der Waals surface area contributed by atoms with Crippen LogP contribution in [0.2, 0.25) is 0 Å². The molecule has 60 valence electrons. The molecule has 2 heteroatoms. The van der Waals surface area contributed by atoms with E-state index in [4.69, 9.17) is 0 Å². The van der Waals surface area contributed by atoms with E-state index in [1.165, 1.54) is 0 Å². The molecule has 1 aliphatic carbocycles. The number of halogens is 2. The lowest BCUT2D eigenvalue weighted by Crippen LogP contribution is -2.32. The van der Waals surface area contributed by atoms with Crippen molar-refractivity contribution in [3.05, 3.63) is 0 Å². The second-order valence-electron chi connectivity index (χ2n) is 3.47. The Labute approximate surface area is 60.6 Å². The van der Waals surface area contributed by atoms with Crippen molar-refractivity contribution in [2.75, 3.05) is 0 Å². The Balaban J connectivity index is 2.76. The van der Waals surface area contributed by atoms with Crippen molar-refractivity contribution in [3.8, 4) is 0 Å². The summed E-state index contributed by atoms with van der Waals surface area (Å²) in [4.78, 5) is 0. The first-order chi connectivity index (χ1) is 4.52. The fourth-order valence-corrected chi connectivity index (χ4v) is 1.62. The predicted octanol–water partition coefficient (Wildman–Crippen LogP) is 3.22. The van der Waals surface area contributed by atoms with Crippen LogP contribution < -0.4 is 0 Å². The van der Waals surface area contributed by atoms with Crippen molar-refractivity contribution in [2.24, 2.45) is 5.41 Å². The third-order valence-electron chi connectivity index (χ3n) is 2.88. The molecule has 0 aromatic rings. The normalized spacial score (nSPS) is 38.4. The Morgan fingerprint density at radius 3 is 2.10 bits per heavy atom. The minimum absolute atomic E-state index is 0.0946. The molecule has 1 atom stereocenters. The zero-order valence-electron chi connectivity index (χ0n) is 6.58. The molecule has 0 nitrogen and oxygen atoms in total. The lowest BCUT2D eigenvalue weighted by atomic mass is 9.83. The van der Waals surface area contributed by atoms with Crippen molar-refractivity contribution in [3.63, 3.8) is 0 Å². The Morgan fingerprint density at radius 1 is 1.30 bits per heavy atom. The second-order valence-corrected chi connectivity index (χ2v) is 3.47. The van der Waals surface area contributed by atoms with Crippen LogP contribution in [0, 0.1) is 5.41 Å². The van der Waals surface area contributed by atoms with E-state index in [-0.39, 0.29) is 6.42 Å². The summed E-state index contributed by atoms with van der Waals surface area (Å²) < 4.78 is 26.0. The van der Waals surface area contributed by atoms with Gasteiger partial charge in [0.25, 0.3) is 5.92 Å². The lowest BCUT2D eigenvalue weighted by Gasteiger charge is -2.29. The maximum atomic E-state index is 13.0. The summed E-state index contributed by atoms with van der Waals surface area (Å²) in [7, 11) is 0. The molecule has 1 aliphatic rings. The average molecular weight is 148 g/mol. The van der Waals surface area contributed by atoms with Crippen molar-refractivity contribution in [2.45, 2.75) is 45.5 Å². The van der Waals surface area contributed by atoms with Crippen LogP contribution in [0.1, 0.15) is 39.5 Å². The Bertz CT molecular complexity index is 131. The second kappa shape index (κ2) is 2.18. The Hall–Kier alpha value is -0.140. The topological polar surface area (TPSA) is 0 Å². The molecule has 0 spiro atoms. The highest BCUT2D eigenvalue weighted by Gasteiger charge is 2.52. The van der Waals surface area contributed by atoms with Crippen LogP contribution in [-0.4, -0.2) is 5.92 Å². The highest BCUT2D eigenvalue weighted by atomic mass is 19.3. The summed E-state index contributed by atoms with van der Waals surface area (Å²) in [5, 5.41) is 0. The zero-order chi connectivity index (χ0) is 7.83. The number of alkyl halides is 2. The molecule has 1 saturated carbocycles. The zero-order valence-corrected chi connectivity index (χ0v) is 6.58. The molecule has 0 N–H and O–H groups in total. The van der Waals surface area contributed by atoms with Crippen LogP contribution in [0.15, 0.2) is 0 Å². The molecule has 0 aromatic heterocycles. The van der Waals surface area contributed by atoms with Gasteiger partial charge < -0.3 is 0 Å². The fraction of sp³-hybridized carbons (Fsp3) is 1.00. The highest BCUT2D eigenvalue weighted by Crippen LogP contribution is 2.51. The summed E-state index contributed by atoms with van der Waals surface area (Å²) in [6.07, 6.45) is 2.07. The molecule has 0 unspecified atom stereocenters. The van der Waals surface area contributed by atoms with Crippen LogP contribution in [-0.2, 0) is 0 Å². The van der Waals surface area contributed by atoms with E-state index >= 15 is 0 Å². The maximum Gasteiger partial charge on any atom is 0.253 e. The van der Waals surface area contributed by atoms with E-state index in [1.54, 1.807) is 6.92 Å². The molecule has 0 amide bonds. The summed E-state index contributed by atoms with van der Waals surface area (Å²) >= 11 is 0. The van der Waals surface area contributed by atoms with Gasteiger partial charge in [-0.15, -0.1) is 0 Å². The van der Waals surface area contributed by atoms with Gasteiger partial charge in [-0.25, -0.2) is 8.78 Å². The molecule has 0 saturated heterocycles. The maximum absolute atomic E-state index is 13.0. The standard InChI is InChI=1S/C8H14F2/c1-3-7(2)5-4-6-8(7,9)10/h3-6H2,1-2H3/t7-/m1/s1. The molecule has 10 heavy (non-hydrogen) atoms. The Morgan fingerprint density at radius 2 is 1.90 bits per heavy atom. The van der Waals surface area contributed by atoms with E-state index < -0.39 is 11.3 Å². The third-order valence-corrected chi connectivity index (χ3v) is 2.88. The molecular weight excluding hydrogens is 134 g/mol. The first kappa shape index (κ1) is 7.96. The molecule has 0 aliphatic heterocycles. The quantitative estimate of drug-likeness (QED) is 0.535. The van der Waals surface area contributed by atoms with E-state index in [0.29, 0.717) is 19.3 Å². The summed E-state index contributed by atoms with van der Waals surface area (Å²) in [6.45, 7) is 3.54. The van der Waals surface area contributed by atoms with Crippen molar-refractivity contribution >= 4 is 0 Å². The van der Waals surface area contributed by atoms with E-state index in [1.807, 2.05) is 6.92 Å². The summed E-state index contributed by atoms with van der Waals surface area (Å²) in [5.41, 5.74) is -0.701. The molecule has 1 rings (SSSR count). The average Bonchev–Trinajstić information content (AvgIpc) is 2.10. The van der Waals surface area contributed by atoms with Gasteiger partial charge in [0, 0.05) is 11.8 Å². The van der Waals surface area contributed by atoms with Gasteiger partial charge in [-0.2, -0.15) is 0 Å². The van der Waals surface area contributed by atoms with Crippen molar-refractivity contribution in [1.82, 2.24) is 0 Å². The van der Waals surface area contributed by atoms with Crippen LogP contribution in [0.4, 0.5) is 8.78 Å². The monoisotopic (exact) mass is 148 g/mol. The van der Waals surface area contributed by atoms with Crippen molar-refractivity contribution in [1.29, 1.82) is 0 Å². The van der Waals surface area contributed by atoms with E-state index in [0.717, 1.165) is 0 Å². The van der Waals surface area contributed by atoms with E-state index in [9.17, 15) is 8.78 Å². The fourth-order valence-electron chi connectivity index (χ4n) is 1.62. The smallest absolute Gasteiger partial charge is 0.206 e. The van der Waals surface area contributed by atoms with Crippen LogP contribution >= 0.6 is 0 Å². The van der Waals surface area contributed by atoms with Gasteiger partial charge in [-0.3, -0.25) is 0 Å². The molecule has 1 fully saturated rings. The van der Waals surface area contributed by atoms with E-state index in [2.05, 4.69) is 0 Å². The summed E-state index contributed by atoms with van der Waals surface area (Å²) in [6, 6.07) is 0. The predicted molar refractivity (Wildman–Crippen MR) is 37.2 cm³/mol. The van der Waals surface area contributed by atoms with Crippen molar-refractivity contribution < 1.29 is 8.78 Å². The van der Waals surface area contributed by atoms with Crippen LogP contribution in [0.3, 0.4) is 0 Å². The molecular formula is C8H14F2. The molecule has 0 bridgehead atoms.